The van der Waals surface area contributed by atoms with Gasteiger partial charge in [-0.1, -0.05) is 75.5 Å². The summed E-state index contributed by atoms with van der Waals surface area (Å²) in [6.45, 7) is 1.62. The van der Waals surface area contributed by atoms with E-state index in [1.165, 1.54) is 38.5 Å². The lowest BCUT2D eigenvalue weighted by molar-refractivity contribution is -0.142. The summed E-state index contributed by atoms with van der Waals surface area (Å²) in [5.74, 6) is -1.65. The molecule has 0 aliphatic heterocycles. The van der Waals surface area contributed by atoms with Gasteiger partial charge >= 0.3 is 5.97 Å². The molecule has 0 saturated carbocycles. The van der Waals surface area contributed by atoms with Crippen LogP contribution in [0.25, 0.3) is 0 Å². The minimum atomic E-state index is -1.24. The molecule has 0 rings (SSSR count). The number of hydrogen-bond donors (Lipinski definition) is 3. The average molecular weight is 366 g/mol. The Hall–Kier alpha value is -1.88. The maximum Gasteiger partial charge on any atom is 0.328 e. The summed E-state index contributed by atoms with van der Waals surface area (Å²) in [7, 11) is 0. The summed E-state index contributed by atoms with van der Waals surface area (Å²) >= 11 is 0. The number of aliphatic hydroxyl groups is 1. The number of rotatable bonds is 16. The highest BCUT2D eigenvalue weighted by Gasteiger charge is 2.17. The van der Waals surface area contributed by atoms with Crippen molar-refractivity contribution in [3.63, 3.8) is 0 Å². The maximum absolute atomic E-state index is 11.5. The van der Waals surface area contributed by atoms with Gasteiger partial charge in [-0.05, 0) is 25.7 Å². The number of hydrogen-bond acceptors (Lipinski definition) is 3. The molecule has 26 heavy (non-hydrogen) atoms. The number of nitrogens with one attached hydrogen (secondary N) is 1. The van der Waals surface area contributed by atoms with Crippen molar-refractivity contribution >= 4 is 11.9 Å². The highest BCUT2D eigenvalue weighted by atomic mass is 16.4. The molecule has 0 aliphatic rings. The predicted octanol–water partition coefficient (Wildman–Crippen LogP) is 4.14. The number of carbonyl (C=O) groups excluding carboxylic acids is 1. The first kappa shape index (κ1) is 24.1. The Labute approximate surface area is 157 Å². The van der Waals surface area contributed by atoms with E-state index in [-0.39, 0.29) is 6.42 Å². The SMILES string of the molecule is CCCCCCCC/C=C/C/C=C/C/C=C/CC(=O)NC(CO)C(=O)O. The van der Waals surface area contributed by atoms with Gasteiger partial charge in [0.1, 0.15) is 6.04 Å². The fraction of sp³-hybridized carbons (Fsp3) is 0.619. The molecule has 1 unspecified atom stereocenters. The normalized spacial score (nSPS) is 13.0. The topological polar surface area (TPSA) is 86.6 Å². The molecule has 0 aromatic heterocycles. The molecule has 0 aromatic rings. The zero-order valence-electron chi connectivity index (χ0n) is 16.0. The highest BCUT2D eigenvalue weighted by molar-refractivity contribution is 5.84. The Bertz CT molecular complexity index is 455. The summed E-state index contributed by atoms with van der Waals surface area (Å²) < 4.78 is 0. The smallest absolute Gasteiger partial charge is 0.328 e. The number of carbonyl (C=O) groups is 2. The summed E-state index contributed by atoms with van der Waals surface area (Å²) in [5, 5.41) is 19.8. The number of carboxylic acid groups (broad SMARTS) is 1. The van der Waals surface area contributed by atoms with E-state index in [9.17, 15) is 9.59 Å². The van der Waals surface area contributed by atoms with Crippen LogP contribution in [-0.2, 0) is 9.59 Å². The Balaban J connectivity index is 3.62. The van der Waals surface area contributed by atoms with Gasteiger partial charge in [0.15, 0.2) is 0 Å². The fourth-order valence-corrected chi connectivity index (χ4v) is 2.33. The van der Waals surface area contributed by atoms with Gasteiger partial charge in [0.25, 0.3) is 0 Å². The van der Waals surface area contributed by atoms with E-state index in [4.69, 9.17) is 10.2 Å². The fourth-order valence-electron chi connectivity index (χ4n) is 2.33. The molecule has 1 atom stereocenters. The minimum Gasteiger partial charge on any atom is -0.480 e. The van der Waals surface area contributed by atoms with Crippen molar-refractivity contribution in [3.05, 3.63) is 36.5 Å². The van der Waals surface area contributed by atoms with E-state index < -0.39 is 24.5 Å². The summed E-state index contributed by atoms with van der Waals surface area (Å²) in [6.07, 6.45) is 23.0. The van der Waals surface area contributed by atoms with Crippen LogP contribution in [0.4, 0.5) is 0 Å². The third-order valence-electron chi connectivity index (χ3n) is 3.89. The van der Waals surface area contributed by atoms with Crippen molar-refractivity contribution in [2.45, 2.75) is 77.2 Å². The van der Waals surface area contributed by atoms with Gasteiger partial charge in [0.05, 0.1) is 6.61 Å². The lowest BCUT2D eigenvalue weighted by Crippen LogP contribution is -2.43. The van der Waals surface area contributed by atoms with Gasteiger partial charge in [0.2, 0.25) is 5.91 Å². The molecule has 0 radical (unpaired) electrons. The van der Waals surface area contributed by atoms with Crippen molar-refractivity contribution in [1.29, 1.82) is 0 Å². The first-order chi connectivity index (χ1) is 12.6. The van der Waals surface area contributed by atoms with E-state index in [0.717, 1.165) is 19.3 Å². The molecular formula is C21H35NO4. The third-order valence-corrected chi connectivity index (χ3v) is 3.89. The molecule has 0 fully saturated rings. The number of aliphatic carboxylic acids is 1. The second-order valence-electron chi connectivity index (χ2n) is 6.29. The van der Waals surface area contributed by atoms with Gasteiger partial charge < -0.3 is 15.5 Å². The number of aliphatic hydroxyl groups excluding tert-OH is 1. The van der Waals surface area contributed by atoms with Crippen molar-refractivity contribution in [3.8, 4) is 0 Å². The molecular weight excluding hydrogens is 330 g/mol. The van der Waals surface area contributed by atoms with Crippen LogP contribution < -0.4 is 5.32 Å². The van der Waals surface area contributed by atoms with Gasteiger partial charge in [-0.15, -0.1) is 0 Å². The Morgan fingerprint density at radius 2 is 1.46 bits per heavy atom. The van der Waals surface area contributed by atoms with Crippen LogP contribution in [0.5, 0.6) is 0 Å². The van der Waals surface area contributed by atoms with Crippen molar-refractivity contribution in [2.24, 2.45) is 0 Å². The van der Waals surface area contributed by atoms with E-state index >= 15 is 0 Å². The zero-order valence-corrected chi connectivity index (χ0v) is 16.0. The number of amides is 1. The molecule has 0 aromatic carbocycles. The summed E-state index contributed by atoms with van der Waals surface area (Å²) in [5.41, 5.74) is 0. The molecule has 1 amide bonds. The number of carboxylic acids is 1. The van der Waals surface area contributed by atoms with Crippen LogP contribution in [0.1, 0.15) is 71.1 Å². The van der Waals surface area contributed by atoms with Crippen LogP contribution in [0.2, 0.25) is 0 Å². The van der Waals surface area contributed by atoms with Crippen LogP contribution in [0.3, 0.4) is 0 Å². The first-order valence-corrected chi connectivity index (χ1v) is 9.69. The lowest BCUT2D eigenvalue weighted by Gasteiger charge is -2.10. The van der Waals surface area contributed by atoms with Gasteiger partial charge in [-0.3, -0.25) is 4.79 Å². The zero-order chi connectivity index (χ0) is 19.5. The molecule has 5 heteroatoms. The van der Waals surface area contributed by atoms with Crippen molar-refractivity contribution in [1.82, 2.24) is 5.32 Å². The number of allylic oxidation sites excluding steroid dienone is 5. The largest absolute Gasteiger partial charge is 0.480 e. The second kappa shape index (κ2) is 17.9. The minimum absolute atomic E-state index is 0.107. The van der Waals surface area contributed by atoms with E-state index in [0.29, 0.717) is 0 Å². The van der Waals surface area contributed by atoms with Gasteiger partial charge in [-0.25, -0.2) is 4.79 Å². The second-order valence-corrected chi connectivity index (χ2v) is 6.29. The molecule has 148 valence electrons. The predicted molar refractivity (Wildman–Crippen MR) is 106 cm³/mol. The standard InChI is InChI=1S/C21H35NO4/c1-2-3-4-5-6-7-8-9-10-11-12-13-14-15-16-17-20(24)22-19(18-23)21(25)26/h9-10,12-13,15-16,19,23H,2-8,11,14,17-18H2,1H3,(H,22,24)(H,25,26)/b10-9+,13-12+,16-15+. The van der Waals surface area contributed by atoms with Crippen molar-refractivity contribution < 1.29 is 19.8 Å². The quantitative estimate of drug-likeness (QED) is 0.283. The molecule has 0 heterocycles. The van der Waals surface area contributed by atoms with E-state index in [1.54, 1.807) is 6.08 Å². The third kappa shape index (κ3) is 15.6. The maximum atomic E-state index is 11.5. The molecule has 3 N–H and O–H groups in total. The van der Waals surface area contributed by atoms with E-state index in [2.05, 4.69) is 30.5 Å². The molecule has 0 saturated heterocycles. The Morgan fingerprint density at radius 3 is 2.08 bits per heavy atom. The van der Waals surface area contributed by atoms with Crippen molar-refractivity contribution in [2.75, 3.05) is 6.61 Å². The lowest BCUT2D eigenvalue weighted by atomic mass is 10.1. The Kier molecular flexibility index (Phi) is 16.6. The average Bonchev–Trinajstić information content (AvgIpc) is 2.62. The Morgan fingerprint density at radius 1 is 0.885 bits per heavy atom. The van der Waals surface area contributed by atoms with Crippen LogP contribution >= 0.6 is 0 Å². The van der Waals surface area contributed by atoms with Crippen LogP contribution in [-0.4, -0.2) is 34.7 Å². The molecule has 0 aliphatic carbocycles. The highest BCUT2D eigenvalue weighted by Crippen LogP contribution is 2.07. The summed E-state index contributed by atoms with van der Waals surface area (Å²) in [6, 6.07) is -1.24. The molecule has 0 bridgehead atoms. The van der Waals surface area contributed by atoms with E-state index in [1.807, 2.05) is 12.2 Å². The van der Waals surface area contributed by atoms with Crippen LogP contribution in [0.15, 0.2) is 36.5 Å². The molecule has 0 spiro atoms. The number of unbranched alkanes of at least 4 members (excludes halogenated alkanes) is 6. The van der Waals surface area contributed by atoms with Crippen LogP contribution in [0, 0.1) is 0 Å². The summed E-state index contributed by atoms with van der Waals surface area (Å²) in [4.78, 5) is 22.2. The monoisotopic (exact) mass is 365 g/mol. The molecule has 5 nitrogen and oxygen atoms in total. The van der Waals surface area contributed by atoms with Gasteiger partial charge in [0, 0.05) is 6.42 Å². The first-order valence-electron chi connectivity index (χ1n) is 9.69. The van der Waals surface area contributed by atoms with Gasteiger partial charge in [-0.2, -0.15) is 0 Å².